The highest BCUT2D eigenvalue weighted by molar-refractivity contribution is 5.97. The minimum atomic E-state index is -0.719. The number of hydrogen-bond acceptors (Lipinski definition) is 9. The van der Waals surface area contributed by atoms with E-state index in [4.69, 9.17) is 9.47 Å². The summed E-state index contributed by atoms with van der Waals surface area (Å²) in [4.78, 5) is 28.1. The summed E-state index contributed by atoms with van der Waals surface area (Å²) in [5.41, 5.74) is 3.60. The van der Waals surface area contributed by atoms with Crippen molar-refractivity contribution < 1.29 is 18.7 Å². The largest absolute Gasteiger partial charge is 0.494 e. The molecule has 1 fully saturated rings. The normalized spacial score (nSPS) is 15.7. The van der Waals surface area contributed by atoms with Crippen molar-refractivity contribution in [3.05, 3.63) is 84.3 Å². The molecule has 2 aromatic carbocycles. The van der Waals surface area contributed by atoms with Crippen LogP contribution in [0.3, 0.4) is 0 Å². The molecular formula is C32H32FN7O3. The zero-order valence-corrected chi connectivity index (χ0v) is 24.2. The molecule has 0 aliphatic carbocycles. The Hall–Kier alpha value is -4.90. The number of nitrogens with one attached hydrogen (secondary N) is 1. The molecule has 1 aliphatic heterocycles. The van der Waals surface area contributed by atoms with Gasteiger partial charge in [0.15, 0.2) is 17.3 Å². The van der Waals surface area contributed by atoms with Crippen molar-refractivity contribution in [2.75, 3.05) is 25.5 Å². The standard InChI is InChI=1S/C32H32FN7O3/c1-4-42-30-17-27-25(13-21(30)14-28(41)26(33)15-23-6-5-10-39(23)3)32(36-18-34-27)38-22-7-8-29(20(2)12-22)43-24-9-11-40-31(16-24)35-19-37-40/h7-9,11-13,15-19,23H,4-6,10,14H2,1-3H3,(H,34,36,38)/b26-15-/t23-/m0/s1. The van der Waals surface area contributed by atoms with E-state index in [2.05, 4.69) is 30.3 Å². The number of aryl methyl sites for hydroxylation is 1. The Morgan fingerprint density at radius 3 is 2.79 bits per heavy atom. The van der Waals surface area contributed by atoms with E-state index in [1.807, 2.05) is 51.2 Å². The van der Waals surface area contributed by atoms with Gasteiger partial charge in [0.1, 0.15) is 35.7 Å². The van der Waals surface area contributed by atoms with Crippen LogP contribution in [0.1, 0.15) is 30.9 Å². The van der Waals surface area contributed by atoms with E-state index in [0.717, 1.165) is 30.6 Å². The molecule has 0 spiro atoms. The number of fused-ring (bicyclic) bond motifs is 2. The van der Waals surface area contributed by atoms with E-state index in [0.29, 0.717) is 51.8 Å². The van der Waals surface area contributed by atoms with Crippen LogP contribution < -0.4 is 14.8 Å². The van der Waals surface area contributed by atoms with Gasteiger partial charge in [-0.25, -0.2) is 23.9 Å². The van der Waals surface area contributed by atoms with Crippen LogP contribution in [0.15, 0.2) is 73.2 Å². The van der Waals surface area contributed by atoms with E-state index in [-0.39, 0.29) is 12.5 Å². The molecule has 1 atom stereocenters. The number of allylic oxidation sites excluding steroid dienone is 1. The fourth-order valence-corrected chi connectivity index (χ4v) is 5.29. The molecular weight excluding hydrogens is 549 g/mol. The Bertz CT molecular complexity index is 1840. The summed E-state index contributed by atoms with van der Waals surface area (Å²) in [7, 11) is 1.94. The van der Waals surface area contributed by atoms with Crippen LogP contribution in [0.5, 0.6) is 17.2 Å². The molecule has 0 unspecified atom stereocenters. The molecule has 1 N–H and O–H groups in total. The van der Waals surface area contributed by atoms with Crippen molar-refractivity contribution >= 4 is 33.8 Å². The molecule has 0 amide bonds. The lowest BCUT2D eigenvalue weighted by molar-refractivity contribution is -0.116. The average Bonchev–Trinajstić information content (AvgIpc) is 3.63. The fraction of sp³-hybridized carbons (Fsp3) is 0.281. The average molecular weight is 582 g/mol. The molecule has 1 aliphatic rings. The molecule has 220 valence electrons. The Kier molecular flexibility index (Phi) is 7.97. The molecule has 3 aromatic heterocycles. The molecule has 5 aromatic rings. The summed E-state index contributed by atoms with van der Waals surface area (Å²) in [6.07, 6.45) is 7.89. The van der Waals surface area contributed by atoms with Gasteiger partial charge in [-0.1, -0.05) is 0 Å². The quantitative estimate of drug-likeness (QED) is 0.200. The molecule has 4 heterocycles. The van der Waals surface area contributed by atoms with Crippen LogP contribution in [0.4, 0.5) is 15.9 Å². The smallest absolute Gasteiger partial charge is 0.195 e. The van der Waals surface area contributed by atoms with E-state index in [9.17, 15) is 9.18 Å². The van der Waals surface area contributed by atoms with Gasteiger partial charge in [0.05, 0.1) is 12.1 Å². The van der Waals surface area contributed by atoms with E-state index >= 15 is 0 Å². The minimum Gasteiger partial charge on any atom is -0.494 e. The van der Waals surface area contributed by atoms with Gasteiger partial charge in [-0.2, -0.15) is 5.10 Å². The summed E-state index contributed by atoms with van der Waals surface area (Å²) in [5.74, 6) is 1.10. The number of aromatic nitrogens is 5. The molecule has 0 bridgehead atoms. The minimum absolute atomic E-state index is 0.0612. The number of halogens is 1. The Balaban J connectivity index is 1.25. The highest BCUT2D eigenvalue weighted by Gasteiger charge is 2.22. The zero-order valence-electron chi connectivity index (χ0n) is 24.2. The first-order valence-electron chi connectivity index (χ1n) is 14.2. The molecule has 1 saturated heterocycles. The van der Waals surface area contributed by atoms with Crippen LogP contribution in [0.2, 0.25) is 0 Å². The van der Waals surface area contributed by atoms with Gasteiger partial charge in [-0.3, -0.25) is 9.69 Å². The first-order chi connectivity index (χ1) is 20.9. The van der Waals surface area contributed by atoms with Gasteiger partial charge in [0.25, 0.3) is 0 Å². The van der Waals surface area contributed by atoms with E-state index < -0.39 is 11.6 Å². The Morgan fingerprint density at radius 1 is 1.12 bits per heavy atom. The van der Waals surface area contributed by atoms with Crippen LogP contribution >= 0.6 is 0 Å². The zero-order chi connectivity index (χ0) is 29.9. The highest BCUT2D eigenvalue weighted by Crippen LogP contribution is 2.33. The van der Waals surface area contributed by atoms with Crippen molar-refractivity contribution in [2.45, 2.75) is 39.2 Å². The van der Waals surface area contributed by atoms with Gasteiger partial charge in [-0.15, -0.1) is 0 Å². The number of hydrogen-bond donors (Lipinski definition) is 1. The number of likely N-dealkylation sites (tertiary alicyclic amines) is 1. The molecule has 0 radical (unpaired) electrons. The topological polar surface area (TPSA) is 107 Å². The molecule has 0 saturated carbocycles. The lowest BCUT2D eigenvalue weighted by atomic mass is 10.0. The van der Waals surface area contributed by atoms with E-state index in [1.165, 1.54) is 18.7 Å². The summed E-state index contributed by atoms with van der Waals surface area (Å²) in [6, 6.07) is 12.9. The van der Waals surface area contributed by atoms with Gasteiger partial charge in [0, 0.05) is 47.4 Å². The number of benzene rings is 2. The SMILES string of the molecule is CCOc1cc2ncnc(Nc3ccc(Oc4ccn5ncnc5c4)c(C)c3)c2cc1CC(=O)/C(F)=C/[C@@H]1CCCN1C. The second kappa shape index (κ2) is 12.1. The number of Topliss-reactive ketones (excluding diaryl/α,β-unsaturated/α-hetero) is 1. The lowest BCUT2D eigenvalue weighted by Crippen LogP contribution is -2.23. The third kappa shape index (κ3) is 6.17. The monoisotopic (exact) mass is 581 g/mol. The lowest BCUT2D eigenvalue weighted by Gasteiger charge is -2.16. The Morgan fingerprint density at radius 2 is 2.00 bits per heavy atom. The maximum absolute atomic E-state index is 15.0. The number of carbonyl (C=O) groups is 1. The fourth-order valence-electron chi connectivity index (χ4n) is 5.29. The van der Waals surface area contributed by atoms with Crippen LogP contribution in [0, 0.1) is 6.92 Å². The van der Waals surface area contributed by atoms with Crippen molar-refractivity contribution in [3.63, 3.8) is 0 Å². The molecule has 10 nitrogen and oxygen atoms in total. The van der Waals surface area contributed by atoms with Crippen molar-refractivity contribution in [2.24, 2.45) is 0 Å². The molecule has 43 heavy (non-hydrogen) atoms. The van der Waals surface area contributed by atoms with Crippen molar-refractivity contribution in [3.8, 4) is 17.2 Å². The maximum atomic E-state index is 15.0. The molecule has 11 heteroatoms. The Labute approximate surface area is 248 Å². The molecule has 6 rings (SSSR count). The van der Waals surface area contributed by atoms with Crippen molar-refractivity contribution in [1.29, 1.82) is 0 Å². The maximum Gasteiger partial charge on any atom is 0.195 e. The number of rotatable bonds is 10. The van der Waals surface area contributed by atoms with Crippen LogP contribution in [0.25, 0.3) is 16.6 Å². The summed E-state index contributed by atoms with van der Waals surface area (Å²) in [5, 5.41) is 8.16. The second-order valence-corrected chi connectivity index (χ2v) is 10.6. The van der Waals surface area contributed by atoms with Gasteiger partial charge in [0.2, 0.25) is 0 Å². The third-order valence-electron chi connectivity index (χ3n) is 7.57. The van der Waals surface area contributed by atoms with E-state index in [1.54, 1.807) is 22.8 Å². The number of nitrogens with zero attached hydrogens (tertiary/aromatic N) is 6. The van der Waals surface area contributed by atoms with Crippen LogP contribution in [-0.2, 0) is 11.2 Å². The second-order valence-electron chi connectivity index (χ2n) is 10.6. The van der Waals surface area contributed by atoms with Gasteiger partial charge >= 0.3 is 0 Å². The van der Waals surface area contributed by atoms with Crippen molar-refractivity contribution in [1.82, 2.24) is 29.5 Å². The number of ether oxygens (including phenoxy) is 2. The summed E-state index contributed by atoms with van der Waals surface area (Å²) in [6.45, 7) is 5.11. The van der Waals surface area contributed by atoms with Gasteiger partial charge < -0.3 is 14.8 Å². The third-order valence-corrected chi connectivity index (χ3v) is 7.57. The van der Waals surface area contributed by atoms with Gasteiger partial charge in [-0.05, 0) is 82.3 Å². The number of likely N-dealkylation sites (N-methyl/N-ethyl adjacent to an activating group) is 1. The predicted octanol–water partition coefficient (Wildman–Crippen LogP) is 5.97. The number of ketones is 1. The summed E-state index contributed by atoms with van der Waals surface area (Å²) >= 11 is 0. The van der Waals surface area contributed by atoms with Crippen LogP contribution in [-0.4, -0.2) is 61.5 Å². The predicted molar refractivity (Wildman–Crippen MR) is 162 cm³/mol. The number of anilines is 2. The number of pyridine rings is 1. The highest BCUT2D eigenvalue weighted by atomic mass is 19.1. The summed E-state index contributed by atoms with van der Waals surface area (Å²) < 4.78 is 28.5. The first kappa shape index (κ1) is 28.2. The first-order valence-corrected chi connectivity index (χ1v) is 14.2. The number of carbonyl (C=O) groups excluding carboxylic acids is 1.